The summed E-state index contributed by atoms with van der Waals surface area (Å²) in [4.78, 5) is 32.7. The number of H-pyrrole nitrogens is 2. The van der Waals surface area contributed by atoms with Gasteiger partial charge >= 0.3 is 5.69 Å². The van der Waals surface area contributed by atoms with Gasteiger partial charge in [-0.05, 0) is 13.0 Å². The Morgan fingerprint density at radius 3 is 2.58 bits per heavy atom. The van der Waals surface area contributed by atoms with Gasteiger partial charge in [0, 0.05) is 14.1 Å². The van der Waals surface area contributed by atoms with E-state index in [2.05, 4.69) is 20.1 Å². The molecule has 0 aliphatic heterocycles. The van der Waals surface area contributed by atoms with Crippen molar-refractivity contribution < 1.29 is 0 Å². The molecule has 0 aliphatic carbocycles. The molecule has 3 heterocycles. The summed E-state index contributed by atoms with van der Waals surface area (Å²) in [5.74, 6) is 0.504. The van der Waals surface area contributed by atoms with E-state index < -0.39 is 11.2 Å². The van der Waals surface area contributed by atoms with Crippen molar-refractivity contribution in [3.05, 3.63) is 32.6 Å². The highest BCUT2D eigenvalue weighted by Gasteiger charge is 2.14. The van der Waals surface area contributed by atoms with Crippen LogP contribution in [0.5, 0.6) is 0 Å². The van der Waals surface area contributed by atoms with Crippen molar-refractivity contribution in [2.75, 3.05) is 0 Å². The number of rotatable bonds is 1. The molecule has 0 radical (unpaired) electrons. The first-order valence-electron chi connectivity index (χ1n) is 5.67. The smallest absolute Gasteiger partial charge is 0.329 e. The molecule has 98 valence electrons. The van der Waals surface area contributed by atoms with Crippen LogP contribution in [0.4, 0.5) is 0 Å². The van der Waals surface area contributed by atoms with Crippen LogP contribution < -0.4 is 11.2 Å². The van der Waals surface area contributed by atoms with E-state index in [9.17, 15) is 9.59 Å². The maximum Gasteiger partial charge on any atom is 0.329 e. The summed E-state index contributed by atoms with van der Waals surface area (Å²) in [6.45, 7) is 1.87. The molecule has 8 heteroatoms. The summed E-state index contributed by atoms with van der Waals surface area (Å²) in [5.41, 5.74) is 1.23. The zero-order valence-electron chi connectivity index (χ0n) is 10.7. The summed E-state index contributed by atoms with van der Waals surface area (Å²) >= 11 is 0. The molecule has 8 nitrogen and oxygen atoms in total. The van der Waals surface area contributed by atoms with Crippen LogP contribution >= 0.6 is 0 Å². The standard InChI is InChI=1S/C11H12N6O2/c1-5-4-6(17(3)15-5)8-12-7-9(13-8)16(2)11(19)14-10(7)18/h4H,1-3H3,(H,12,13)(H,14,18,19). The molecule has 3 aromatic heterocycles. The van der Waals surface area contributed by atoms with Gasteiger partial charge in [-0.3, -0.25) is 19.0 Å². The average Bonchev–Trinajstić information content (AvgIpc) is 2.90. The molecule has 2 N–H and O–H groups in total. The molecule has 0 saturated heterocycles. The van der Waals surface area contributed by atoms with Crippen molar-refractivity contribution in [3.8, 4) is 11.5 Å². The van der Waals surface area contributed by atoms with Crippen LogP contribution in [-0.2, 0) is 14.1 Å². The number of aryl methyl sites for hydroxylation is 3. The van der Waals surface area contributed by atoms with Crippen molar-refractivity contribution in [1.82, 2.24) is 29.3 Å². The van der Waals surface area contributed by atoms with E-state index in [1.54, 1.807) is 18.8 Å². The van der Waals surface area contributed by atoms with E-state index in [1.807, 2.05) is 13.0 Å². The minimum atomic E-state index is -0.489. The first-order chi connectivity index (χ1) is 8.97. The second-order valence-corrected chi connectivity index (χ2v) is 4.40. The number of aromatic nitrogens is 6. The third-order valence-corrected chi connectivity index (χ3v) is 3.00. The molecule has 0 atom stereocenters. The fourth-order valence-electron chi connectivity index (χ4n) is 2.06. The maximum atomic E-state index is 11.7. The van der Waals surface area contributed by atoms with E-state index in [4.69, 9.17) is 0 Å². The number of imidazole rings is 1. The third kappa shape index (κ3) is 1.60. The second-order valence-electron chi connectivity index (χ2n) is 4.40. The summed E-state index contributed by atoms with van der Waals surface area (Å²) in [7, 11) is 3.35. The monoisotopic (exact) mass is 260 g/mol. The summed E-state index contributed by atoms with van der Waals surface area (Å²) in [5, 5.41) is 4.22. The molecule has 0 aliphatic rings. The highest BCUT2D eigenvalue weighted by Crippen LogP contribution is 2.18. The van der Waals surface area contributed by atoms with E-state index in [1.165, 1.54) is 4.57 Å². The molecule has 3 rings (SSSR count). The quantitative estimate of drug-likeness (QED) is 0.624. The second kappa shape index (κ2) is 3.67. The average molecular weight is 260 g/mol. The van der Waals surface area contributed by atoms with Crippen LogP contribution in [0.15, 0.2) is 15.7 Å². The maximum absolute atomic E-state index is 11.7. The fourth-order valence-corrected chi connectivity index (χ4v) is 2.06. The summed E-state index contributed by atoms with van der Waals surface area (Å²) < 4.78 is 2.96. The molecule has 19 heavy (non-hydrogen) atoms. The number of hydrogen-bond donors (Lipinski definition) is 2. The predicted molar refractivity (Wildman–Crippen MR) is 68.9 cm³/mol. The van der Waals surface area contributed by atoms with Gasteiger partial charge in [0.15, 0.2) is 11.5 Å². The van der Waals surface area contributed by atoms with Crippen LogP contribution in [0.3, 0.4) is 0 Å². The van der Waals surface area contributed by atoms with Crippen LogP contribution in [0.2, 0.25) is 0 Å². The van der Waals surface area contributed by atoms with Gasteiger partial charge in [0.1, 0.15) is 11.2 Å². The lowest BCUT2D eigenvalue weighted by atomic mass is 10.3. The Balaban J connectivity index is 2.37. The van der Waals surface area contributed by atoms with Gasteiger partial charge in [-0.25, -0.2) is 9.78 Å². The SMILES string of the molecule is Cc1cc(-c2nc3c([nH]2)c(=O)[nH]c(=O)n3C)n(C)n1. The molecule has 0 amide bonds. The van der Waals surface area contributed by atoms with Gasteiger partial charge in [-0.15, -0.1) is 0 Å². The van der Waals surface area contributed by atoms with E-state index in [0.717, 1.165) is 11.4 Å². The van der Waals surface area contributed by atoms with Crippen molar-refractivity contribution in [1.29, 1.82) is 0 Å². The normalized spacial score (nSPS) is 11.3. The first kappa shape index (κ1) is 11.5. The molecule has 0 fully saturated rings. The number of nitrogens with one attached hydrogen (secondary N) is 2. The topological polar surface area (TPSA) is 101 Å². The number of nitrogens with zero attached hydrogens (tertiary/aromatic N) is 4. The van der Waals surface area contributed by atoms with E-state index >= 15 is 0 Å². The van der Waals surface area contributed by atoms with Crippen LogP contribution in [0, 0.1) is 6.92 Å². The van der Waals surface area contributed by atoms with Gasteiger partial charge in [0.25, 0.3) is 5.56 Å². The highest BCUT2D eigenvalue weighted by molar-refractivity contribution is 5.74. The zero-order chi connectivity index (χ0) is 13.7. The van der Waals surface area contributed by atoms with Crippen molar-refractivity contribution in [3.63, 3.8) is 0 Å². The van der Waals surface area contributed by atoms with Crippen molar-refractivity contribution >= 4 is 11.2 Å². The van der Waals surface area contributed by atoms with Crippen LogP contribution in [0.1, 0.15) is 5.69 Å². The summed E-state index contributed by atoms with van der Waals surface area (Å²) in [6, 6.07) is 1.85. The summed E-state index contributed by atoms with van der Waals surface area (Å²) in [6.07, 6.45) is 0. The minimum Gasteiger partial charge on any atom is -0.331 e. The van der Waals surface area contributed by atoms with Crippen molar-refractivity contribution in [2.45, 2.75) is 6.92 Å². The molecular formula is C11H12N6O2. The molecule has 0 unspecified atom stereocenters. The Hall–Kier alpha value is -2.64. The lowest BCUT2D eigenvalue weighted by molar-refractivity contribution is 0.760. The first-order valence-corrected chi connectivity index (χ1v) is 5.67. The molecule has 3 aromatic rings. The number of aromatic amines is 2. The number of hydrogen-bond acceptors (Lipinski definition) is 4. The van der Waals surface area contributed by atoms with E-state index in [-0.39, 0.29) is 5.52 Å². The van der Waals surface area contributed by atoms with Gasteiger partial charge < -0.3 is 4.98 Å². The third-order valence-electron chi connectivity index (χ3n) is 3.00. The largest absolute Gasteiger partial charge is 0.331 e. The van der Waals surface area contributed by atoms with E-state index in [0.29, 0.717) is 11.5 Å². The highest BCUT2D eigenvalue weighted by atomic mass is 16.2. The van der Waals surface area contributed by atoms with Gasteiger partial charge in [-0.2, -0.15) is 5.10 Å². The lowest BCUT2D eigenvalue weighted by Gasteiger charge is -1.95. The van der Waals surface area contributed by atoms with Crippen molar-refractivity contribution in [2.24, 2.45) is 14.1 Å². The lowest BCUT2D eigenvalue weighted by Crippen LogP contribution is -2.28. The molecular weight excluding hydrogens is 248 g/mol. The Morgan fingerprint density at radius 1 is 1.21 bits per heavy atom. The molecule has 0 bridgehead atoms. The predicted octanol–water partition coefficient (Wildman–Crippen LogP) is -0.341. The Morgan fingerprint density at radius 2 is 1.95 bits per heavy atom. The Labute approximate surface area is 106 Å². The van der Waals surface area contributed by atoms with Gasteiger partial charge in [-0.1, -0.05) is 0 Å². The fraction of sp³-hybridized carbons (Fsp3) is 0.273. The minimum absolute atomic E-state index is 0.274. The molecule has 0 spiro atoms. The Kier molecular flexibility index (Phi) is 2.21. The number of fused-ring (bicyclic) bond motifs is 1. The van der Waals surface area contributed by atoms with Gasteiger partial charge in [0.05, 0.1) is 5.69 Å². The molecule has 0 aromatic carbocycles. The van der Waals surface area contributed by atoms with Crippen LogP contribution in [-0.4, -0.2) is 29.3 Å². The Bertz CT molecular complexity index is 894. The molecule has 0 saturated carbocycles. The zero-order valence-corrected chi connectivity index (χ0v) is 10.7. The van der Waals surface area contributed by atoms with Crippen LogP contribution in [0.25, 0.3) is 22.7 Å². The van der Waals surface area contributed by atoms with Gasteiger partial charge in [0.2, 0.25) is 0 Å².